The number of amides is 1. The monoisotopic (exact) mass is 463 g/mol. The van der Waals surface area contributed by atoms with Crippen molar-refractivity contribution in [3.8, 4) is 22.8 Å². The first-order chi connectivity index (χ1) is 16.7. The van der Waals surface area contributed by atoms with Crippen molar-refractivity contribution in [2.24, 2.45) is 0 Å². The Morgan fingerprint density at radius 2 is 2.06 bits per heavy atom. The summed E-state index contributed by atoms with van der Waals surface area (Å²) in [7, 11) is 3.12. The van der Waals surface area contributed by atoms with Gasteiger partial charge in [-0.05, 0) is 18.2 Å². The highest BCUT2D eigenvalue weighted by atomic mass is 16.5. The average Bonchev–Trinajstić information content (AvgIpc) is 3.54. The summed E-state index contributed by atoms with van der Waals surface area (Å²) in [4.78, 5) is 24.6. The quantitative estimate of drug-likeness (QED) is 0.328. The average molecular weight is 463 g/mol. The van der Waals surface area contributed by atoms with Crippen LogP contribution in [0.4, 0.5) is 11.6 Å². The lowest BCUT2D eigenvalue weighted by Gasteiger charge is -2.23. The zero-order valence-electron chi connectivity index (χ0n) is 18.8. The van der Waals surface area contributed by atoms with E-state index in [2.05, 4.69) is 30.8 Å². The lowest BCUT2D eigenvalue weighted by atomic mass is 10.1. The summed E-state index contributed by atoms with van der Waals surface area (Å²) in [6.07, 6.45) is 6.98. The van der Waals surface area contributed by atoms with Crippen molar-refractivity contribution in [2.75, 3.05) is 32.7 Å². The van der Waals surface area contributed by atoms with Gasteiger partial charge in [-0.25, -0.2) is 0 Å². The molecule has 1 aliphatic rings. The molecular weight excluding hydrogens is 438 g/mol. The summed E-state index contributed by atoms with van der Waals surface area (Å²) < 4.78 is 17.3. The second kappa shape index (κ2) is 9.40. The summed E-state index contributed by atoms with van der Waals surface area (Å²) in [6.45, 7) is 1.31. The van der Waals surface area contributed by atoms with Gasteiger partial charge in [-0.15, -0.1) is 0 Å². The van der Waals surface area contributed by atoms with Crippen LogP contribution in [-0.4, -0.2) is 64.5 Å². The Hall–Kier alpha value is -4.12. The van der Waals surface area contributed by atoms with Gasteiger partial charge in [0.05, 0.1) is 37.6 Å². The van der Waals surface area contributed by atoms with Crippen molar-refractivity contribution in [1.82, 2.24) is 30.5 Å². The Morgan fingerprint density at radius 3 is 2.79 bits per heavy atom. The van der Waals surface area contributed by atoms with E-state index < -0.39 is 0 Å². The Bertz CT molecular complexity index is 1300. The minimum absolute atomic E-state index is 0.00632. The van der Waals surface area contributed by atoms with Crippen LogP contribution >= 0.6 is 0 Å². The fourth-order valence-electron chi connectivity index (χ4n) is 3.92. The zero-order valence-corrected chi connectivity index (χ0v) is 18.8. The summed E-state index contributed by atoms with van der Waals surface area (Å²) >= 11 is 0. The van der Waals surface area contributed by atoms with Crippen molar-refractivity contribution < 1.29 is 19.0 Å². The van der Waals surface area contributed by atoms with E-state index in [1.54, 1.807) is 38.6 Å². The van der Waals surface area contributed by atoms with Crippen LogP contribution in [0.5, 0.6) is 11.6 Å². The van der Waals surface area contributed by atoms with E-state index in [-0.39, 0.29) is 12.0 Å². The molecule has 0 saturated carbocycles. The molecule has 0 spiro atoms. The van der Waals surface area contributed by atoms with Crippen LogP contribution in [0.3, 0.4) is 0 Å². The smallest absolute Gasteiger partial charge is 0.251 e. The van der Waals surface area contributed by atoms with Crippen molar-refractivity contribution in [2.45, 2.75) is 18.9 Å². The highest BCUT2D eigenvalue weighted by Gasteiger charge is 2.22. The van der Waals surface area contributed by atoms with E-state index >= 15 is 0 Å². The SMILES string of the molecule is CNC(=O)c1ccc(Nc2nc(OC3CCOCC3)c3c(-c4cn[nH]c4)c[nH]c3n2)c(OC)c1. The fraction of sp³-hybridized carbons (Fsp3) is 0.304. The maximum atomic E-state index is 12.0. The van der Waals surface area contributed by atoms with E-state index in [0.29, 0.717) is 47.7 Å². The first kappa shape index (κ1) is 21.7. The van der Waals surface area contributed by atoms with E-state index in [0.717, 1.165) is 29.4 Å². The molecule has 1 amide bonds. The van der Waals surface area contributed by atoms with E-state index in [4.69, 9.17) is 19.2 Å². The van der Waals surface area contributed by atoms with Gasteiger partial charge in [0.15, 0.2) is 0 Å². The van der Waals surface area contributed by atoms with Gasteiger partial charge in [0, 0.05) is 49.0 Å². The predicted molar refractivity (Wildman–Crippen MR) is 126 cm³/mol. The number of hydrogen-bond acceptors (Lipinski definition) is 8. The van der Waals surface area contributed by atoms with Crippen LogP contribution in [-0.2, 0) is 4.74 Å². The summed E-state index contributed by atoms with van der Waals surface area (Å²) in [5.41, 5.74) is 3.52. The normalized spacial score (nSPS) is 14.2. The van der Waals surface area contributed by atoms with Gasteiger partial charge >= 0.3 is 0 Å². The predicted octanol–water partition coefficient (Wildman–Crippen LogP) is 3.02. The molecule has 11 heteroatoms. The van der Waals surface area contributed by atoms with Crippen molar-refractivity contribution in [1.29, 1.82) is 0 Å². The number of benzene rings is 1. The Morgan fingerprint density at radius 1 is 1.21 bits per heavy atom. The first-order valence-electron chi connectivity index (χ1n) is 11.0. The second-order valence-corrected chi connectivity index (χ2v) is 7.81. The maximum absolute atomic E-state index is 12.0. The van der Waals surface area contributed by atoms with Gasteiger partial charge in [-0.1, -0.05) is 0 Å². The maximum Gasteiger partial charge on any atom is 0.251 e. The number of hydrogen-bond donors (Lipinski definition) is 4. The number of nitrogens with zero attached hydrogens (tertiary/aromatic N) is 3. The van der Waals surface area contributed by atoms with Crippen LogP contribution < -0.4 is 20.1 Å². The van der Waals surface area contributed by atoms with Gasteiger partial charge in [0.25, 0.3) is 5.91 Å². The van der Waals surface area contributed by atoms with Crippen LogP contribution in [0.2, 0.25) is 0 Å². The van der Waals surface area contributed by atoms with Crippen LogP contribution in [0.25, 0.3) is 22.2 Å². The minimum atomic E-state index is -0.201. The van der Waals surface area contributed by atoms with E-state index in [1.165, 1.54) is 0 Å². The number of fused-ring (bicyclic) bond motifs is 1. The molecule has 11 nitrogen and oxygen atoms in total. The highest BCUT2D eigenvalue weighted by Crippen LogP contribution is 2.36. The standard InChI is InChI=1S/C23H25N7O4/c1-24-21(31)13-3-4-17(18(9-13)32-2)28-23-29-20-19(16(12-25-20)14-10-26-27-11-14)22(30-23)34-15-5-7-33-8-6-15/h3-4,9-12,15H,5-8H2,1-2H3,(H,24,31)(H,26,27)(H2,25,28,29,30). The molecule has 0 aliphatic carbocycles. The number of aromatic nitrogens is 5. The highest BCUT2D eigenvalue weighted by molar-refractivity contribution is 5.98. The lowest BCUT2D eigenvalue weighted by molar-refractivity contribution is 0.0244. The number of anilines is 2. The van der Waals surface area contributed by atoms with Crippen molar-refractivity contribution in [3.63, 3.8) is 0 Å². The van der Waals surface area contributed by atoms with Crippen molar-refractivity contribution >= 4 is 28.6 Å². The Balaban J connectivity index is 1.54. The number of methoxy groups -OCH3 is 1. The summed E-state index contributed by atoms with van der Waals surface area (Å²) in [6, 6.07) is 5.11. The summed E-state index contributed by atoms with van der Waals surface area (Å²) in [5, 5.41) is 13.5. The number of ether oxygens (including phenoxy) is 3. The molecule has 1 fully saturated rings. The molecule has 34 heavy (non-hydrogen) atoms. The molecule has 0 radical (unpaired) electrons. The number of rotatable bonds is 7. The number of aromatic amines is 2. The largest absolute Gasteiger partial charge is 0.495 e. The van der Waals surface area contributed by atoms with Crippen LogP contribution in [0.15, 0.2) is 36.8 Å². The van der Waals surface area contributed by atoms with Gasteiger partial charge in [-0.3, -0.25) is 9.89 Å². The number of carbonyl (C=O) groups is 1. The van der Waals surface area contributed by atoms with Crippen LogP contribution in [0, 0.1) is 0 Å². The molecule has 5 rings (SSSR count). The lowest BCUT2D eigenvalue weighted by Crippen LogP contribution is -2.26. The molecule has 3 aromatic heterocycles. The Labute approximate surface area is 195 Å². The van der Waals surface area contributed by atoms with Crippen molar-refractivity contribution in [3.05, 3.63) is 42.4 Å². The third-order valence-electron chi connectivity index (χ3n) is 5.69. The third kappa shape index (κ3) is 4.25. The van der Waals surface area contributed by atoms with E-state index in [1.807, 2.05) is 12.4 Å². The number of H-pyrrole nitrogens is 2. The summed E-state index contributed by atoms with van der Waals surface area (Å²) in [5.74, 6) is 1.09. The Kier molecular flexibility index (Phi) is 6.00. The molecule has 0 unspecified atom stereocenters. The molecular formula is C23H25N7O4. The molecule has 1 aliphatic heterocycles. The molecule has 4 N–H and O–H groups in total. The third-order valence-corrected chi connectivity index (χ3v) is 5.69. The molecule has 1 saturated heterocycles. The first-order valence-corrected chi connectivity index (χ1v) is 11.0. The molecule has 0 bridgehead atoms. The van der Waals surface area contributed by atoms with Gasteiger partial charge in [-0.2, -0.15) is 15.1 Å². The molecule has 0 atom stereocenters. The number of carbonyl (C=O) groups excluding carboxylic acids is 1. The molecule has 1 aromatic carbocycles. The zero-order chi connectivity index (χ0) is 23.5. The van der Waals surface area contributed by atoms with Gasteiger partial charge in [0.2, 0.25) is 11.8 Å². The number of nitrogens with one attached hydrogen (secondary N) is 4. The van der Waals surface area contributed by atoms with Crippen LogP contribution in [0.1, 0.15) is 23.2 Å². The minimum Gasteiger partial charge on any atom is -0.495 e. The second-order valence-electron chi connectivity index (χ2n) is 7.81. The van der Waals surface area contributed by atoms with Gasteiger partial charge < -0.3 is 29.8 Å². The molecule has 4 aromatic rings. The van der Waals surface area contributed by atoms with E-state index in [9.17, 15) is 4.79 Å². The molecule has 4 heterocycles. The molecule has 176 valence electrons. The fourth-order valence-corrected chi connectivity index (χ4v) is 3.92. The topological polar surface area (TPSA) is 139 Å². The van der Waals surface area contributed by atoms with Gasteiger partial charge in [0.1, 0.15) is 17.5 Å².